The van der Waals surface area contributed by atoms with Gasteiger partial charge in [0.2, 0.25) is 0 Å². The Bertz CT molecular complexity index is 193. The van der Waals surface area contributed by atoms with Crippen LogP contribution in [-0.2, 0) is 0 Å². The minimum absolute atomic E-state index is 0.0101. The molecule has 0 spiro atoms. The van der Waals surface area contributed by atoms with Gasteiger partial charge in [-0.15, -0.1) is 0 Å². The fourth-order valence-electron chi connectivity index (χ4n) is 2.41. The first kappa shape index (κ1) is 10.2. The van der Waals surface area contributed by atoms with Crippen molar-refractivity contribution in [3.8, 4) is 0 Å². The molecule has 0 heterocycles. The third kappa shape index (κ3) is 3.13. The Kier molecular flexibility index (Phi) is 3.63. The van der Waals surface area contributed by atoms with Gasteiger partial charge in [0.1, 0.15) is 0 Å². The first-order chi connectivity index (χ1) is 6.86. The minimum atomic E-state index is -0.0101. The molecular formula is C13H22O. The van der Waals surface area contributed by atoms with Crippen LogP contribution < -0.4 is 0 Å². The fraction of sp³-hybridized carbons (Fsp3) is 0.846. The predicted molar refractivity (Wildman–Crippen MR) is 59.1 cm³/mol. The first-order valence-electron chi connectivity index (χ1n) is 6.21. The Labute approximate surface area is 87.2 Å². The lowest BCUT2D eigenvalue weighted by molar-refractivity contribution is 0.126. The lowest BCUT2D eigenvalue weighted by Crippen LogP contribution is -2.14. The average Bonchev–Trinajstić information content (AvgIpc) is 2.91. The van der Waals surface area contributed by atoms with E-state index in [9.17, 15) is 5.11 Å². The smallest absolute Gasteiger partial charge is 0.0574 e. The van der Waals surface area contributed by atoms with Crippen LogP contribution in [0.15, 0.2) is 12.2 Å². The normalized spacial score (nSPS) is 33.1. The fourth-order valence-corrected chi connectivity index (χ4v) is 2.41. The lowest BCUT2D eigenvalue weighted by Gasteiger charge is -2.18. The zero-order valence-electron chi connectivity index (χ0n) is 8.99. The van der Waals surface area contributed by atoms with Crippen LogP contribution in [-0.4, -0.2) is 11.2 Å². The summed E-state index contributed by atoms with van der Waals surface area (Å²) in [4.78, 5) is 0. The summed E-state index contributed by atoms with van der Waals surface area (Å²) in [5, 5.41) is 9.87. The van der Waals surface area contributed by atoms with Crippen LogP contribution in [0.1, 0.15) is 51.4 Å². The van der Waals surface area contributed by atoms with Gasteiger partial charge in [-0.25, -0.2) is 0 Å². The summed E-state index contributed by atoms with van der Waals surface area (Å²) in [6.45, 7) is 0. The molecule has 1 fully saturated rings. The van der Waals surface area contributed by atoms with E-state index in [-0.39, 0.29) is 6.10 Å². The Morgan fingerprint density at radius 1 is 1.14 bits per heavy atom. The van der Waals surface area contributed by atoms with Gasteiger partial charge in [0.25, 0.3) is 0 Å². The monoisotopic (exact) mass is 194 g/mol. The molecular weight excluding hydrogens is 172 g/mol. The van der Waals surface area contributed by atoms with Crippen LogP contribution in [0.4, 0.5) is 0 Å². The number of hydrogen-bond donors (Lipinski definition) is 1. The second-order valence-electron chi connectivity index (χ2n) is 4.97. The van der Waals surface area contributed by atoms with E-state index in [1.807, 2.05) is 0 Å². The minimum Gasteiger partial charge on any atom is -0.393 e. The van der Waals surface area contributed by atoms with Crippen molar-refractivity contribution in [2.75, 3.05) is 0 Å². The summed E-state index contributed by atoms with van der Waals surface area (Å²) < 4.78 is 0. The van der Waals surface area contributed by atoms with E-state index in [0.29, 0.717) is 11.8 Å². The molecule has 0 aromatic rings. The van der Waals surface area contributed by atoms with E-state index in [0.717, 1.165) is 6.42 Å². The number of aliphatic hydroxyl groups excluding tert-OH is 1. The van der Waals surface area contributed by atoms with Gasteiger partial charge < -0.3 is 5.11 Å². The Morgan fingerprint density at radius 2 is 2.00 bits per heavy atom. The van der Waals surface area contributed by atoms with E-state index in [2.05, 4.69) is 12.2 Å². The lowest BCUT2D eigenvalue weighted by atomic mass is 9.91. The number of allylic oxidation sites excluding steroid dienone is 2. The van der Waals surface area contributed by atoms with Crippen molar-refractivity contribution in [1.29, 1.82) is 0 Å². The second-order valence-corrected chi connectivity index (χ2v) is 4.97. The standard InChI is InChI=1S/C13H22O/c14-13(12-8-9-12)10-11-6-4-2-1-3-5-7-11/h4,6,11-14H,1-3,5,7-10H2/b6-4-. The van der Waals surface area contributed by atoms with Gasteiger partial charge >= 0.3 is 0 Å². The summed E-state index contributed by atoms with van der Waals surface area (Å²) in [6.07, 6.45) is 14.8. The molecule has 2 atom stereocenters. The molecule has 1 heteroatoms. The van der Waals surface area contributed by atoms with Gasteiger partial charge in [0.05, 0.1) is 6.10 Å². The summed E-state index contributed by atoms with van der Waals surface area (Å²) in [6, 6.07) is 0. The highest BCUT2D eigenvalue weighted by Gasteiger charge is 2.30. The van der Waals surface area contributed by atoms with Crippen LogP contribution >= 0.6 is 0 Å². The molecule has 2 rings (SSSR count). The van der Waals surface area contributed by atoms with Gasteiger partial charge in [-0.1, -0.05) is 25.0 Å². The van der Waals surface area contributed by atoms with E-state index in [4.69, 9.17) is 0 Å². The first-order valence-corrected chi connectivity index (χ1v) is 6.21. The van der Waals surface area contributed by atoms with Gasteiger partial charge in [0, 0.05) is 0 Å². The van der Waals surface area contributed by atoms with Crippen molar-refractivity contribution in [3.05, 3.63) is 12.2 Å². The second kappa shape index (κ2) is 4.97. The highest BCUT2D eigenvalue weighted by Crippen LogP contribution is 2.36. The summed E-state index contributed by atoms with van der Waals surface area (Å²) in [5.41, 5.74) is 0. The molecule has 0 saturated heterocycles. The quantitative estimate of drug-likeness (QED) is 0.684. The zero-order chi connectivity index (χ0) is 9.80. The molecule has 80 valence electrons. The summed E-state index contributed by atoms with van der Waals surface area (Å²) in [7, 11) is 0. The number of hydrogen-bond acceptors (Lipinski definition) is 1. The molecule has 2 aliphatic rings. The van der Waals surface area contributed by atoms with Crippen molar-refractivity contribution >= 4 is 0 Å². The molecule has 0 amide bonds. The number of aliphatic hydroxyl groups is 1. The zero-order valence-corrected chi connectivity index (χ0v) is 8.99. The van der Waals surface area contributed by atoms with E-state index in [1.54, 1.807) is 0 Å². The van der Waals surface area contributed by atoms with Crippen LogP contribution in [0.5, 0.6) is 0 Å². The molecule has 0 bridgehead atoms. The topological polar surface area (TPSA) is 20.2 Å². The van der Waals surface area contributed by atoms with Crippen LogP contribution in [0.25, 0.3) is 0 Å². The van der Waals surface area contributed by atoms with E-state index < -0.39 is 0 Å². The van der Waals surface area contributed by atoms with Gasteiger partial charge in [-0.05, 0) is 50.4 Å². The molecule has 0 radical (unpaired) electrons. The maximum absolute atomic E-state index is 9.87. The molecule has 1 nitrogen and oxygen atoms in total. The Hall–Kier alpha value is -0.300. The van der Waals surface area contributed by atoms with E-state index >= 15 is 0 Å². The van der Waals surface area contributed by atoms with Crippen molar-refractivity contribution < 1.29 is 5.11 Å². The van der Waals surface area contributed by atoms with Gasteiger partial charge in [0.15, 0.2) is 0 Å². The highest BCUT2D eigenvalue weighted by molar-refractivity contribution is 4.93. The molecule has 0 aromatic carbocycles. The van der Waals surface area contributed by atoms with Crippen LogP contribution in [0, 0.1) is 11.8 Å². The summed E-state index contributed by atoms with van der Waals surface area (Å²) in [5.74, 6) is 1.31. The Balaban J connectivity index is 1.78. The molecule has 1 N–H and O–H groups in total. The maximum Gasteiger partial charge on any atom is 0.0574 e. The molecule has 2 unspecified atom stereocenters. The van der Waals surface area contributed by atoms with Crippen molar-refractivity contribution in [2.45, 2.75) is 57.5 Å². The molecule has 2 aliphatic carbocycles. The predicted octanol–water partition coefficient (Wildman–Crippen LogP) is 3.28. The number of rotatable bonds is 3. The van der Waals surface area contributed by atoms with Crippen LogP contribution in [0.3, 0.4) is 0 Å². The Morgan fingerprint density at radius 3 is 2.79 bits per heavy atom. The summed E-state index contributed by atoms with van der Waals surface area (Å²) >= 11 is 0. The molecule has 0 aromatic heterocycles. The van der Waals surface area contributed by atoms with Crippen molar-refractivity contribution in [1.82, 2.24) is 0 Å². The van der Waals surface area contributed by atoms with Gasteiger partial charge in [-0.2, -0.15) is 0 Å². The molecule has 0 aliphatic heterocycles. The van der Waals surface area contributed by atoms with Crippen molar-refractivity contribution in [3.63, 3.8) is 0 Å². The van der Waals surface area contributed by atoms with E-state index in [1.165, 1.54) is 44.9 Å². The SMILES string of the molecule is OC(CC1/C=C\CCCCC1)C1CC1. The third-order valence-corrected chi connectivity index (χ3v) is 3.56. The molecule has 14 heavy (non-hydrogen) atoms. The largest absolute Gasteiger partial charge is 0.393 e. The highest BCUT2D eigenvalue weighted by atomic mass is 16.3. The van der Waals surface area contributed by atoms with Crippen molar-refractivity contribution in [2.24, 2.45) is 11.8 Å². The average molecular weight is 194 g/mol. The maximum atomic E-state index is 9.87. The van der Waals surface area contributed by atoms with Gasteiger partial charge in [-0.3, -0.25) is 0 Å². The third-order valence-electron chi connectivity index (χ3n) is 3.56. The van der Waals surface area contributed by atoms with Crippen LogP contribution in [0.2, 0.25) is 0 Å². The molecule has 1 saturated carbocycles.